The Morgan fingerprint density at radius 3 is 2.46 bits per heavy atom. The second-order valence-electron chi connectivity index (χ2n) is 6.63. The third kappa shape index (κ3) is 3.90. The van der Waals surface area contributed by atoms with Crippen molar-refractivity contribution in [3.05, 3.63) is 63.7 Å². The molecule has 1 amide bonds. The molecule has 28 heavy (non-hydrogen) atoms. The quantitative estimate of drug-likeness (QED) is 0.259. The van der Waals surface area contributed by atoms with Crippen molar-refractivity contribution in [3.63, 3.8) is 0 Å². The molecular weight excluding hydrogens is 364 g/mol. The van der Waals surface area contributed by atoms with Gasteiger partial charge in [0.1, 0.15) is 5.75 Å². The van der Waals surface area contributed by atoms with E-state index in [2.05, 4.69) is 0 Å². The van der Waals surface area contributed by atoms with Crippen molar-refractivity contribution in [1.82, 2.24) is 0 Å². The molecule has 0 unspecified atom stereocenters. The summed E-state index contributed by atoms with van der Waals surface area (Å²) in [5.41, 5.74) is 1.29. The molecule has 8 nitrogen and oxygen atoms in total. The van der Waals surface area contributed by atoms with Crippen LogP contribution in [0, 0.1) is 23.0 Å². The van der Waals surface area contributed by atoms with E-state index in [1.807, 2.05) is 0 Å². The number of rotatable bonds is 5. The van der Waals surface area contributed by atoms with Gasteiger partial charge in [-0.25, -0.2) is 0 Å². The lowest BCUT2D eigenvalue weighted by Crippen LogP contribution is -2.27. The maximum Gasteiger partial charge on any atom is 0.316 e. The molecule has 0 aromatic heterocycles. The van der Waals surface area contributed by atoms with E-state index in [1.165, 1.54) is 30.0 Å². The fourth-order valence-corrected chi connectivity index (χ4v) is 3.03. The van der Waals surface area contributed by atoms with Gasteiger partial charge >= 0.3 is 5.97 Å². The van der Waals surface area contributed by atoms with Gasteiger partial charge in [-0.1, -0.05) is 6.07 Å². The van der Waals surface area contributed by atoms with E-state index in [-0.39, 0.29) is 36.1 Å². The van der Waals surface area contributed by atoms with E-state index in [9.17, 15) is 24.5 Å². The van der Waals surface area contributed by atoms with Crippen LogP contribution in [0.15, 0.2) is 42.5 Å². The predicted molar refractivity (Wildman–Crippen MR) is 100 cm³/mol. The Hall–Kier alpha value is -3.55. The van der Waals surface area contributed by atoms with Gasteiger partial charge in [0.05, 0.1) is 16.5 Å². The summed E-state index contributed by atoms with van der Waals surface area (Å²) < 4.78 is 5.31. The first-order valence-corrected chi connectivity index (χ1v) is 8.64. The van der Waals surface area contributed by atoms with Crippen molar-refractivity contribution in [2.45, 2.75) is 20.3 Å². The third-order valence-corrected chi connectivity index (χ3v) is 4.64. The molecule has 0 radical (unpaired) electrons. The van der Waals surface area contributed by atoms with E-state index in [0.29, 0.717) is 16.8 Å². The van der Waals surface area contributed by atoms with E-state index in [0.717, 1.165) is 0 Å². The van der Waals surface area contributed by atoms with Crippen molar-refractivity contribution in [3.8, 4) is 5.75 Å². The van der Waals surface area contributed by atoms with Gasteiger partial charge in [-0.05, 0) is 44.2 Å². The van der Waals surface area contributed by atoms with Crippen LogP contribution in [0.3, 0.4) is 0 Å². The largest absolute Gasteiger partial charge is 0.426 e. The fraction of sp³-hybridized carbons (Fsp3) is 0.250. The molecule has 1 aliphatic heterocycles. The van der Waals surface area contributed by atoms with Gasteiger partial charge in [-0.15, -0.1) is 0 Å². The Bertz CT molecular complexity index is 967. The van der Waals surface area contributed by atoms with Crippen molar-refractivity contribution < 1.29 is 24.0 Å². The van der Waals surface area contributed by atoms with Crippen LogP contribution in [0.1, 0.15) is 29.3 Å². The van der Waals surface area contributed by atoms with Crippen LogP contribution < -0.4 is 9.64 Å². The van der Waals surface area contributed by atoms with Gasteiger partial charge in [0, 0.05) is 30.2 Å². The Morgan fingerprint density at radius 1 is 1.18 bits per heavy atom. The van der Waals surface area contributed by atoms with Crippen molar-refractivity contribution >= 4 is 29.0 Å². The van der Waals surface area contributed by atoms with Crippen molar-refractivity contribution in [1.29, 1.82) is 0 Å². The Balaban J connectivity index is 1.71. The highest BCUT2D eigenvalue weighted by atomic mass is 16.6. The maximum atomic E-state index is 12.4. The lowest BCUT2D eigenvalue weighted by atomic mass is 10.1. The second kappa shape index (κ2) is 7.59. The zero-order valence-corrected chi connectivity index (χ0v) is 15.4. The van der Waals surface area contributed by atoms with E-state index >= 15 is 0 Å². The molecule has 2 aromatic carbocycles. The second-order valence-corrected chi connectivity index (χ2v) is 6.63. The summed E-state index contributed by atoms with van der Waals surface area (Å²) in [5, 5.41) is 11.1. The van der Waals surface area contributed by atoms with E-state index < -0.39 is 16.8 Å². The highest BCUT2D eigenvalue weighted by Crippen LogP contribution is 2.30. The number of carbonyl (C=O) groups is 3. The number of aryl methyl sites for hydroxylation is 1. The molecular formula is C20H18N2O6. The molecule has 8 heteroatoms. The zero-order valence-electron chi connectivity index (χ0n) is 15.4. The Kier molecular flexibility index (Phi) is 5.21. The van der Waals surface area contributed by atoms with Gasteiger partial charge in [-0.2, -0.15) is 0 Å². The highest BCUT2D eigenvalue weighted by molar-refractivity contribution is 6.00. The summed E-state index contributed by atoms with van der Waals surface area (Å²) in [4.78, 5) is 48.0. The molecule has 0 spiro atoms. The number of nitrogens with zero attached hydrogens (tertiary/aromatic N) is 2. The van der Waals surface area contributed by atoms with Crippen LogP contribution in [0.2, 0.25) is 0 Å². The summed E-state index contributed by atoms with van der Waals surface area (Å²) in [6.45, 7) is 3.14. The number of esters is 1. The van der Waals surface area contributed by atoms with Gasteiger partial charge in [0.2, 0.25) is 5.91 Å². The lowest BCUT2D eigenvalue weighted by Gasteiger charge is -2.16. The smallest absolute Gasteiger partial charge is 0.316 e. The number of ketones is 1. The first-order valence-electron chi connectivity index (χ1n) is 8.64. The summed E-state index contributed by atoms with van der Waals surface area (Å²) in [7, 11) is 0. The van der Waals surface area contributed by atoms with E-state index in [4.69, 9.17) is 4.74 Å². The number of carbonyl (C=O) groups excluding carboxylic acids is 3. The number of nitro benzene ring substituents is 1. The van der Waals surface area contributed by atoms with Gasteiger partial charge < -0.3 is 9.64 Å². The molecule has 1 aliphatic rings. The summed E-state index contributed by atoms with van der Waals surface area (Å²) in [6.07, 6.45) is -0.0357. The number of anilines is 1. The number of hydrogen-bond acceptors (Lipinski definition) is 6. The molecule has 144 valence electrons. The molecule has 0 aliphatic carbocycles. The number of ether oxygens (including phenoxy) is 1. The molecule has 1 heterocycles. The minimum Gasteiger partial charge on any atom is -0.426 e. The minimum atomic E-state index is -0.680. The van der Waals surface area contributed by atoms with Crippen molar-refractivity contribution in [2.24, 2.45) is 5.92 Å². The van der Waals surface area contributed by atoms with Gasteiger partial charge in [0.15, 0.2) is 5.78 Å². The molecule has 3 rings (SSSR count). The first-order chi connectivity index (χ1) is 13.3. The standard InChI is InChI=1S/C20H18N2O6/c1-12-3-6-16(10-18(12)22(26)27)21-11-15(9-19(21)24)20(25)28-17-7-4-14(5-8-17)13(2)23/h3-8,10,15H,9,11H2,1-2H3/t15-/m0/s1. The molecule has 0 N–H and O–H groups in total. The number of benzene rings is 2. The fourth-order valence-electron chi connectivity index (χ4n) is 3.03. The summed E-state index contributed by atoms with van der Waals surface area (Å²) >= 11 is 0. The maximum absolute atomic E-state index is 12.4. The third-order valence-electron chi connectivity index (χ3n) is 4.64. The Morgan fingerprint density at radius 2 is 1.86 bits per heavy atom. The average Bonchev–Trinajstić information content (AvgIpc) is 3.04. The monoisotopic (exact) mass is 382 g/mol. The average molecular weight is 382 g/mol. The number of hydrogen-bond donors (Lipinski definition) is 0. The minimum absolute atomic E-state index is 0.0357. The molecule has 0 saturated carbocycles. The summed E-state index contributed by atoms with van der Waals surface area (Å²) in [5.74, 6) is -1.35. The number of Topliss-reactive ketones (excluding diaryl/α,β-unsaturated/α-hetero) is 1. The number of nitro groups is 1. The molecule has 1 fully saturated rings. The molecule has 1 atom stereocenters. The number of amides is 1. The normalized spacial score (nSPS) is 16.1. The molecule has 2 aromatic rings. The van der Waals surface area contributed by atoms with Crippen LogP contribution in [0.25, 0.3) is 0 Å². The van der Waals surface area contributed by atoms with Crippen LogP contribution >= 0.6 is 0 Å². The zero-order chi connectivity index (χ0) is 20.4. The van der Waals surface area contributed by atoms with Crippen LogP contribution in [-0.4, -0.2) is 29.1 Å². The SMILES string of the molecule is CC(=O)c1ccc(OC(=O)[C@H]2CC(=O)N(c3ccc(C)c([N+](=O)[O-])c3)C2)cc1. The lowest BCUT2D eigenvalue weighted by molar-refractivity contribution is -0.385. The van der Waals surface area contributed by atoms with Crippen LogP contribution in [-0.2, 0) is 9.59 Å². The van der Waals surface area contributed by atoms with Gasteiger partial charge in [0.25, 0.3) is 5.69 Å². The first kappa shape index (κ1) is 19.2. The molecule has 0 bridgehead atoms. The molecule has 1 saturated heterocycles. The predicted octanol–water partition coefficient (Wildman–Crippen LogP) is 3.06. The summed E-state index contributed by atoms with van der Waals surface area (Å²) in [6, 6.07) is 10.7. The van der Waals surface area contributed by atoms with Crippen molar-refractivity contribution in [2.75, 3.05) is 11.4 Å². The van der Waals surface area contributed by atoms with Crippen LogP contribution in [0.5, 0.6) is 5.75 Å². The topological polar surface area (TPSA) is 107 Å². The highest BCUT2D eigenvalue weighted by Gasteiger charge is 2.37. The van der Waals surface area contributed by atoms with Gasteiger partial charge in [-0.3, -0.25) is 24.5 Å². The Labute approximate surface area is 160 Å². The van der Waals surface area contributed by atoms with Crippen LogP contribution in [0.4, 0.5) is 11.4 Å². The van der Waals surface area contributed by atoms with E-state index in [1.54, 1.807) is 31.2 Å².